The van der Waals surface area contributed by atoms with Crippen molar-refractivity contribution >= 4 is 16.1 Å². The number of esters is 1. The fraction of sp³-hybridized carbons (Fsp3) is 0.700. The predicted octanol–water partition coefficient (Wildman–Crippen LogP) is 0.539. The monoisotopic (exact) mass is 265 g/mol. The number of nitrogens with two attached hydrogens (primary N) is 1. The lowest BCUT2D eigenvalue weighted by Crippen LogP contribution is -2.07. The van der Waals surface area contributed by atoms with Crippen LogP contribution in [0.2, 0.25) is 0 Å². The van der Waals surface area contributed by atoms with E-state index in [1.54, 1.807) is 6.92 Å². The van der Waals surface area contributed by atoms with Crippen LogP contribution in [-0.2, 0) is 23.8 Å². The van der Waals surface area contributed by atoms with E-state index in [0.29, 0.717) is 31.6 Å². The molecule has 7 heteroatoms. The number of carbonyl (C=O) groups excluding carboxylic acids is 1. The van der Waals surface area contributed by atoms with Crippen LogP contribution in [0.5, 0.6) is 0 Å². The molecule has 0 aromatic carbocycles. The Morgan fingerprint density at radius 2 is 2.00 bits per heavy atom. The first kappa shape index (κ1) is 15.9. The van der Waals surface area contributed by atoms with E-state index in [-0.39, 0.29) is 6.61 Å². The number of hydrogen-bond donors (Lipinski definition) is 1. The Morgan fingerprint density at radius 1 is 1.35 bits per heavy atom. The van der Waals surface area contributed by atoms with E-state index in [2.05, 4.69) is 8.92 Å². The fourth-order valence-corrected chi connectivity index (χ4v) is 1.47. The molecule has 0 rings (SSSR count). The molecule has 0 heterocycles. The van der Waals surface area contributed by atoms with E-state index in [0.717, 1.165) is 6.26 Å². The molecule has 0 saturated carbocycles. The van der Waals surface area contributed by atoms with Gasteiger partial charge in [-0.05, 0) is 26.2 Å². The first-order valence-corrected chi connectivity index (χ1v) is 7.14. The first-order chi connectivity index (χ1) is 7.85. The number of hydrogen-bond acceptors (Lipinski definition) is 6. The number of rotatable bonds is 8. The predicted molar refractivity (Wildman–Crippen MR) is 63.6 cm³/mol. The van der Waals surface area contributed by atoms with Crippen LogP contribution in [0.15, 0.2) is 11.8 Å². The summed E-state index contributed by atoms with van der Waals surface area (Å²) >= 11 is 0. The van der Waals surface area contributed by atoms with Gasteiger partial charge in [-0.2, -0.15) is 8.42 Å². The highest BCUT2D eigenvalue weighted by Crippen LogP contribution is 2.03. The largest absolute Gasteiger partial charge is 0.463 e. The Balaban J connectivity index is 3.71. The minimum atomic E-state index is -3.37. The molecular weight excluding hydrogens is 246 g/mol. The lowest BCUT2D eigenvalue weighted by molar-refractivity contribution is -0.137. The molecule has 0 saturated heterocycles. The third kappa shape index (κ3) is 11.2. The smallest absolute Gasteiger partial charge is 0.332 e. The Hall–Kier alpha value is -1.08. The van der Waals surface area contributed by atoms with Gasteiger partial charge in [0.15, 0.2) is 0 Å². The van der Waals surface area contributed by atoms with Crippen LogP contribution in [0.1, 0.15) is 26.2 Å². The lowest BCUT2D eigenvalue weighted by Gasteiger charge is -2.02. The molecule has 0 aliphatic carbocycles. The summed E-state index contributed by atoms with van der Waals surface area (Å²) in [6.07, 6.45) is 3.95. The zero-order valence-corrected chi connectivity index (χ0v) is 11.0. The van der Waals surface area contributed by atoms with Gasteiger partial charge in [0.05, 0.1) is 19.5 Å². The maximum atomic E-state index is 11.0. The summed E-state index contributed by atoms with van der Waals surface area (Å²) in [6, 6.07) is 0. The van der Waals surface area contributed by atoms with Crippen molar-refractivity contribution in [1.29, 1.82) is 0 Å². The van der Waals surface area contributed by atoms with Crippen molar-refractivity contribution < 1.29 is 22.1 Å². The minimum absolute atomic E-state index is 0.130. The Kier molecular flexibility index (Phi) is 7.56. The van der Waals surface area contributed by atoms with Crippen LogP contribution in [0.4, 0.5) is 0 Å². The van der Waals surface area contributed by atoms with E-state index in [4.69, 9.17) is 5.73 Å². The summed E-state index contributed by atoms with van der Waals surface area (Å²) < 4.78 is 30.5. The second kappa shape index (κ2) is 8.08. The van der Waals surface area contributed by atoms with E-state index < -0.39 is 16.1 Å². The van der Waals surface area contributed by atoms with Gasteiger partial charge >= 0.3 is 5.97 Å². The van der Waals surface area contributed by atoms with Crippen molar-refractivity contribution in [2.75, 3.05) is 19.5 Å². The highest BCUT2D eigenvalue weighted by Gasteiger charge is 2.02. The van der Waals surface area contributed by atoms with Crippen LogP contribution >= 0.6 is 0 Å². The van der Waals surface area contributed by atoms with Gasteiger partial charge in [0.2, 0.25) is 0 Å². The van der Waals surface area contributed by atoms with Gasteiger partial charge in [0.25, 0.3) is 10.1 Å². The molecular formula is C10H19NO5S. The molecule has 0 amide bonds. The molecule has 0 aliphatic rings. The first-order valence-electron chi connectivity index (χ1n) is 5.32. The van der Waals surface area contributed by atoms with Crippen LogP contribution < -0.4 is 5.73 Å². The third-order valence-corrected chi connectivity index (χ3v) is 2.34. The zero-order valence-electron chi connectivity index (χ0n) is 10.1. The van der Waals surface area contributed by atoms with Crippen molar-refractivity contribution in [3.8, 4) is 0 Å². The molecule has 0 spiro atoms. The topological polar surface area (TPSA) is 95.7 Å². The van der Waals surface area contributed by atoms with Crippen LogP contribution in [-0.4, -0.2) is 33.9 Å². The van der Waals surface area contributed by atoms with Crippen molar-refractivity contribution in [2.45, 2.75) is 26.2 Å². The zero-order chi connectivity index (χ0) is 13.3. The van der Waals surface area contributed by atoms with Crippen molar-refractivity contribution in [1.82, 2.24) is 0 Å². The van der Waals surface area contributed by atoms with Crippen molar-refractivity contribution in [2.24, 2.45) is 5.73 Å². The van der Waals surface area contributed by atoms with E-state index in [9.17, 15) is 13.2 Å². The highest BCUT2D eigenvalue weighted by molar-refractivity contribution is 7.85. The lowest BCUT2D eigenvalue weighted by atomic mass is 10.2. The summed E-state index contributed by atoms with van der Waals surface area (Å²) in [4.78, 5) is 11.0. The normalized spacial score (nSPS) is 12.5. The second-order valence-electron chi connectivity index (χ2n) is 3.45. The van der Waals surface area contributed by atoms with Gasteiger partial charge in [-0.3, -0.25) is 4.18 Å². The average Bonchev–Trinajstić information content (AvgIpc) is 2.15. The summed E-state index contributed by atoms with van der Waals surface area (Å²) in [6.45, 7) is 2.15. The van der Waals surface area contributed by atoms with Gasteiger partial charge < -0.3 is 10.5 Å². The summed E-state index contributed by atoms with van der Waals surface area (Å²) in [7, 11) is -3.37. The Labute approximate surface area is 102 Å². The van der Waals surface area contributed by atoms with E-state index in [1.807, 2.05) is 0 Å². The summed E-state index contributed by atoms with van der Waals surface area (Å²) in [5.74, 6) is -0.461. The molecule has 0 unspecified atom stereocenters. The second-order valence-corrected chi connectivity index (χ2v) is 5.10. The highest BCUT2D eigenvalue weighted by atomic mass is 32.2. The van der Waals surface area contributed by atoms with Gasteiger partial charge in [-0.15, -0.1) is 0 Å². The molecule has 0 radical (unpaired) electrons. The SMILES string of the molecule is CCOC(=O)/C=C(\N)CCCCOS(C)(=O)=O. The van der Waals surface area contributed by atoms with Crippen LogP contribution in [0.3, 0.4) is 0 Å². The number of unbranched alkanes of at least 4 members (excludes halogenated alkanes) is 1. The molecule has 17 heavy (non-hydrogen) atoms. The summed E-state index contributed by atoms with van der Waals surface area (Å²) in [5, 5.41) is 0. The van der Waals surface area contributed by atoms with E-state index >= 15 is 0 Å². The molecule has 0 atom stereocenters. The molecule has 0 fully saturated rings. The molecule has 0 aliphatic heterocycles. The Bertz CT molecular complexity index is 361. The molecule has 0 bridgehead atoms. The van der Waals surface area contributed by atoms with Gasteiger partial charge in [-0.1, -0.05) is 0 Å². The van der Waals surface area contributed by atoms with Crippen LogP contribution in [0, 0.1) is 0 Å². The fourth-order valence-electron chi connectivity index (χ4n) is 1.05. The number of ether oxygens (including phenoxy) is 1. The van der Waals surface area contributed by atoms with Crippen molar-refractivity contribution in [3.63, 3.8) is 0 Å². The third-order valence-electron chi connectivity index (χ3n) is 1.75. The maximum absolute atomic E-state index is 11.0. The standard InChI is InChI=1S/C10H19NO5S/c1-3-15-10(12)8-9(11)6-4-5-7-16-17(2,13)14/h8H,3-7,11H2,1-2H3/b9-8-. The quantitative estimate of drug-likeness (QED) is 0.298. The number of allylic oxidation sites excluding steroid dienone is 1. The molecule has 100 valence electrons. The molecule has 0 aromatic heterocycles. The minimum Gasteiger partial charge on any atom is -0.463 e. The molecule has 2 N–H and O–H groups in total. The van der Waals surface area contributed by atoms with Gasteiger partial charge in [0, 0.05) is 11.8 Å². The molecule has 6 nitrogen and oxygen atoms in total. The van der Waals surface area contributed by atoms with Crippen LogP contribution in [0.25, 0.3) is 0 Å². The Morgan fingerprint density at radius 3 is 2.53 bits per heavy atom. The maximum Gasteiger partial charge on any atom is 0.332 e. The number of carbonyl (C=O) groups is 1. The van der Waals surface area contributed by atoms with Crippen molar-refractivity contribution in [3.05, 3.63) is 11.8 Å². The van der Waals surface area contributed by atoms with Gasteiger partial charge in [0.1, 0.15) is 0 Å². The van der Waals surface area contributed by atoms with Gasteiger partial charge in [-0.25, -0.2) is 4.79 Å². The summed E-state index contributed by atoms with van der Waals surface area (Å²) in [5.41, 5.74) is 5.99. The van der Waals surface area contributed by atoms with E-state index in [1.165, 1.54) is 6.08 Å². The molecule has 0 aromatic rings. The average molecular weight is 265 g/mol.